The van der Waals surface area contributed by atoms with Crippen LogP contribution in [0.3, 0.4) is 0 Å². The summed E-state index contributed by atoms with van der Waals surface area (Å²) in [5.74, 6) is 0.318. The molecule has 1 fully saturated rings. The number of nitrogens with two attached hydrogens (primary N) is 1. The van der Waals surface area contributed by atoms with Gasteiger partial charge in [-0.25, -0.2) is 9.38 Å². The fourth-order valence-corrected chi connectivity index (χ4v) is 6.91. The van der Waals surface area contributed by atoms with Crippen LogP contribution in [0, 0.1) is 16.7 Å². The molecular weight excluding hydrogens is 496 g/mol. The van der Waals surface area contributed by atoms with E-state index in [9.17, 15) is 14.8 Å². The van der Waals surface area contributed by atoms with E-state index in [1.54, 1.807) is 6.92 Å². The summed E-state index contributed by atoms with van der Waals surface area (Å²) in [6.45, 7) is 10.5. The van der Waals surface area contributed by atoms with Crippen molar-refractivity contribution in [3.63, 3.8) is 0 Å². The van der Waals surface area contributed by atoms with Crippen molar-refractivity contribution < 1.29 is 14.2 Å². The zero-order valence-corrected chi connectivity index (χ0v) is 22.3. The second kappa shape index (κ2) is 9.28. The Kier molecular flexibility index (Phi) is 6.42. The highest BCUT2D eigenvalue weighted by molar-refractivity contribution is 7.23. The topological polar surface area (TPSA) is 107 Å². The number of hydrogen-bond donors (Lipinski definition) is 3. The van der Waals surface area contributed by atoms with Crippen molar-refractivity contribution in [2.75, 3.05) is 38.6 Å². The molecule has 36 heavy (non-hydrogen) atoms. The van der Waals surface area contributed by atoms with Crippen LogP contribution in [0.4, 0.5) is 9.39 Å². The number of fused-ring (bicyclic) bond motifs is 2. The molecule has 1 aromatic heterocycles. The number of allylic oxidation sites excluding steroid dienone is 2. The summed E-state index contributed by atoms with van der Waals surface area (Å²) in [6, 6.07) is 1.85. The number of nitrogens with one attached hydrogen (secondary N) is 1. The maximum absolute atomic E-state index is 14.9. The molecule has 3 aliphatic heterocycles. The summed E-state index contributed by atoms with van der Waals surface area (Å²) >= 11 is 1.06. The fraction of sp³-hybridized carbons (Fsp3) is 0.385. The Hall–Kier alpha value is -2.76. The van der Waals surface area contributed by atoms with E-state index in [1.807, 2.05) is 6.20 Å². The Morgan fingerprint density at radius 1 is 1.53 bits per heavy atom. The molecule has 0 saturated carbocycles. The van der Waals surface area contributed by atoms with Crippen LogP contribution in [0.1, 0.15) is 36.3 Å². The Morgan fingerprint density at radius 2 is 2.28 bits per heavy atom. The molecule has 0 spiro atoms. The molecule has 1 aliphatic carbocycles. The first-order chi connectivity index (χ1) is 17.2. The molecule has 1 saturated heterocycles. The number of halogens is 1. The van der Waals surface area contributed by atoms with Gasteiger partial charge in [-0.3, -0.25) is 0 Å². The van der Waals surface area contributed by atoms with Crippen LogP contribution in [-0.4, -0.2) is 54.9 Å². The first-order valence-corrected chi connectivity index (χ1v) is 13.2. The molecule has 0 aromatic carbocycles. The smallest absolute Gasteiger partial charge is 0.198 e. The Labute approximate surface area is 216 Å². The molecule has 7 nitrogen and oxygen atoms in total. The van der Waals surface area contributed by atoms with Crippen molar-refractivity contribution in [1.29, 1.82) is 5.26 Å². The minimum Gasteiger partial charge on any atom is -0.396 e. The number of nitriles is 1. The van der Waals surface area contributed by atoms with Crippen LogP contribution >= 0.6 is 20.6 Å². The van der Waals surface area contributed by atoms with Gasteiger partial charge in [0.1, 0.15) is 22.9 Å². The molecule has 3 unspecified atom stereocenters. The van der Waals surface area contributed by atoms with E-state index in [-0.39, 0.29) is 28.6 Å². The van der Waals surface area contributed by atoms with Gasteiger partial charge in [0.25, 0.3) is 0 Å². The minimum atomic E-state index is -0.438. The van der Waals surface area contributed by atoms with E-state index < -0.39 is 5.83 Å². The molecule has 0 bridgehead atoms. The van der Waals surface area contributed by atoms with Gasteiger partial charge >= 0.3 is 0 Å². The molecule has 3 atom stereocenters. The maximum atomic E-state index is 14.9. The third-order valence-electron chi connectivity index (χ3n) is 7.35. The largest absolute Gasteiger partial charge is 0.396 e. The number of thiophene rings is 1. The summed E-state index contributed by atoms with van der Waals surface area (Å²) in [7, 11) is 2.81. The number of nitrogens with zero attached hydrogens (tertiary/aromatic N) is 3. The zero-order valence-electron chi connectivity index (χ0n) is 20.3. The summed E-state index contributed by atoms with van der Waals surface area (Å²) in [4.78, 5) is 7.54. The van der Waals surface area contributed by atoms with Gasteiger partial charge in [-0.1, -0.05) is 19.6 Å². The van der Waals surface area contributed by atoms with Gasteiger partial charge in [0.05, 0.1) is 30.3 Å². The van der Waals surface area contributed by atoms with Gasteiger partial charge in [0, 0.05) is 35.8 Å². The molecule has 10 heteroatoms. The highest BCUT2D eigenvalue weighted by Crippen LogP contribution is 2.50. The number of aliphatic imine (C=N–C) groups is 1. The van der Waals surface area contributed by atoms with E-state index >= 15 is 0 Å². The van der Waals surface area contributed by atoms with Crippen molar-refractivity contribution in [2.45, 2.75) is 26.3 Å². The molecule has 188 valence electrons. The number of nitrogen functional groups attached to an aromatic ring is 1. The Bertz CT molecular complexity index is 1360. The maximum Gasteiger partial charge on any atom is 0.198 e. The number of rotatable bonds is 4. The monoisotopic (exact) mass is 525 g/mol. The normalized spacial score (nSPS) is 25.8. The molecule has 0 amide bonds. The predicted octanol–water partition coefficient (Wildman–Crippen LogP) is 3.93. The highest BCUT2D eigenvalue weighted by Gasteiger charge is 2.40. The second-order valence-electron chi connectivity index (χ2n) is 9.79. The third kappa shape index (κ3) is 3.84. The van der Waals surface area contributed by atoms with E-state index in [4.69, 9.17) is 15.5 Å². The van der Waals surface area contributed by atoms with Crippen LogP contribution in [0.15, 0.2) is 51.5 Å². The summed E-state index contributed by atoms with van der Waals surface area (Å²) in [5, 5.41) is 24.2. The molecule has 4 heterocycles. The third-order valence-corrected chi connectivity index (χ3v) is 8.99. The van der Waals surface area contributed by atoms with Crippen molar-refractivity contribution in [3.8, 4) is 6.07 Å². The highest BCUT2D eigenvalue weighted by atomic mass is 32.1. The number of anilines is 1. The van der Waals surface area contributed by atoms with Crippen LogP contribution < -0.4 is 11.1 Å². The van der Waals surface area contributed by atoms with Gasteiger partial charge in [0.2, 0.25) is 0 Å². The van der Waals surface area contributed by atoms with Gasteiger partial charge in [-0.15, -0.1) is 20.6 Å². The average molecular weight is 526 g/mol. The lowest BCUT2D eigenvalue weighted by Crippen LogP contribution is -2.43. The number of aliphatic hydroxyl groups excluding tert-OH is 1. The lowest BCUT2D eigenvalue weighted by atomic mass is 9.80. The quantitative estimate of drug-likeness (QED) is 0.515. The zero-order chi connectivity index (χ0) is 25.8. The number of ether oxygens (including phenoxy) is 1. The molecule has 0 radical (unpaired) electrons. The summed E-state index contributed by atoms with van der Waals surface area (Å²) < 4.78 is 20.7. The average Bonchev–Trinajstić information content (AvgIpc) is 3.60. The Balaban J connectivity index is 1.61. The van der Waals surface area contributed by atoms with Gasteiger partial charge in [0.15, 0.2) is 5.96 Å². The number of guanidine groups is 1. The van der Waals surface area contributed by atoms with E-state index in [2.05, 4.69) is 39.0 Å². The molecule has 5 rings (SSSR count). The lowest BCUT2D eigenvalue weighted by molar-refractivity contribution is 0.153. The number of aliphatic hydroxyl groups is 1. The predicted molar refractivity (Wildman–Crippen MR) is 146 cm³/mol. The van der Waals surface area contributed by atoms with Crippen molar-refractivity contribution in [3.05, 3.63) is 62.5 Å². The SMILES string of the molecule is C=C(C1=C(P)C2N=C(N3CCC(C)(CO)C3)NC=C2C2=C1COC2)c1c(/C(F)=C\C)sc(N)c1C#N. The molecule has 4 N–H and O–H groups in total. The van der Waals surface area contributed by atoms with Crippen LogP contribution in [0.25, 0.3) is 11.4 Å². The first-order valence-electron chi connectivity index (χ1n) is 11.8. The molecule has 4 aliphatic rings. The standard InChI is InChI=1S/C26H29FN5O2PS/c1-4-18(27)23-20(14(7-28)24(29)36-23)13(2)19-17-10-34-9-16(17)15-8-30-25(31-21(15)22(19)35)32-6-5-26(3,11-32)12-33/h4,8,21,33H,2,5-6,9-12,29,35H2,1,3H3,(H,30,31)/b18-4+. The fourth-order valence-electron chi connectivity index (χ4n) is 5.30. The van der Waals surface area contributed by atoms with E-state index in [0.717, 1.165) is 57.9 Å². The summed E-state index contributed by atoms with van der Waals surface area (Å²) in [6.07, 6.45) is 4.24. The van der Waals surface area contributed by atoms with Crippen molar-refractivity contribution >= 4 is 42.9 Å². The van der Waals surface area contributed by atoms with Gasteiger partial charge in [-0.2, -0.15) is 5.26 Å². The van der Waals surface area contributed by atoms with Crippen LogP contribution in [0.2, 0.25) is 0 Å². The van der Waals surface area contributed by atoms with E-state index in [0.29, 0.717) is 35.8 Å². The first kappa shape index (κ1) is 24.9. The van der Waals surface area contributed by atoms with Gasteiger partial charge in [-0.05, 0) is 41.0 Å². The van der Waals surface area contributed by atoms with Gasteiger partial charge < -0.3 is 25.8 Å². The number of hydrogen-bond acceptors (Lipinski definition) is 8. The van der Waals surface area contributed by atoms with E-state index in [1.165, 1.54) is 6.08 Å². The lowest BCUT2D eigenvalue weighted by Gasteiger charge is -2.34. The van der Waals surface area contributed by atoms with Crippen molar-refractivity contribution in [2.24, 2.45) is 10.4 Å². The molecule has 1 aromatic rings. The second-order valence-corrected chi connectivity index (χ2v) is 11.5. The van der Waals surface area contributed by atoms with Crippen LogP contribution in [0.5, 0.6) is 0 Å². The van der Waals surface area contributed by atoms with Crippen molar-refractivity contribution in [1.82, 2.24) is 10.2 Å². The number of likely N-dealkylation sites (tertiary alicyclic amines) is 1. The molecular formula is C26H29FN5O2PS. The van der Waals surface area contributed by atoms with Crippen LogP contribution in [-0.2, 0) is 4.74 Å². The Morgan fingerprint density at radius 3 is 2.94 bits per heavy atom. The minimum absolute atomic E-state index is 0.129. The summed E-state index contributed by atoms with van der Waals surface area (Å²) in [5.41, 5.74) is 11.0.